The summed E-state index contributed by atoms with van der Waals surface area (Å²) in [6, 6.07) is 0. The lowest BCUT2D eigenvalue weighted by Crippen LogP contribution is -1.52. The summed E-state index contributed by atoms with van der Waals surface area (Å²) in [5.41, 5.74) is 1.38. The van der Waals surface area contributed by atoms with E-state index in [0.717, 1.165) is 0 Å². The van der Waals surface area contributed by atoms with Crippen LogP contribution < -0.4 is 0 Å². The third-order valence-electron chi connectivity index (χ3n) is 0.577. The Morgan fingerprint density at radius 3 is 1.62 bits per heavy atom. The molecule has 0 bridgehead atoms. The van der Waals surface area contributed by atoms with Crippen LogP contribution in [-0.4, -0.2) is 5.75 Å². The van der Waals surface area contributed by atoms with Crippen molar-refractivity contribution in [3.05, 3.63) is 11.6 Å². The molecule has 2 heteroatoms. The Kier molecular flexibility index (Phi) is 13.1. The Bertz CT molecular complexity index is 72.6. The molecule has 48 valence electrons. The largest absolute Gasteiger partial charge is 0.285 e. The van der Waals surface area contributed by atoms with Gasteiger partial charge in [-0.25, -0.2) is 0 Å². The lowest BCUT2D eigenvalue weighted by molar-refractivity contribution is 0.569. The molecule has 8 heavy (non-hydrogen) atoms. The lowest BCUT2D eigenvalue weighted by Gasteiger charge is -1.74. The summed E-state index contributed by atoms with van der Waals surface area (Å²) in [7, 11) is 0. The van der Waals surface area contributed by atoms with Gasteiger partial charge in [0.25, 0.3) is 0 Å². The molecule has 0 spiro atoms. The smallest absolute Gasteiger partial charge is 0.208 e. The van der Waals surface area contributed by atoms with Crippen LogP contribution in [0.15, 0.2) is 11.6 Å². The summed E-state index contributed by atoms with van der Waals surface area (Å²) in [6.45, 7) is 6.20. The highest BCUT2D eigenvalue weighted by molar-refractivity contribution is 6.54. The minimum absolute atomic E-state index is 0.222. The van der Waals surface area contributed by atoms with Crippen LogP contribution in [0.2, 0.25) is 0 Å². The number of allylic oxidation sites excluding steroid dienone is 2. The van der Waals surface area contributed by atoms with E-state index in [1.165, 1.54) is 5.57 Å². The maximum atomic E-state index is 8.57. The minimum Gasteiger partial charge on any atom is -0.285 e. The number of hydrogen-bond donors (Lipinski definition) is 0. The van der Waals surface area contributed by atoms with E-state index < -0.39 is 0 Å². The molecule has 0 aromatic rings. The number of carbonyl (C=O) groups excluding carboxylic acids is 1. The van der Waals surface area contributed by atoms with Crippen LogP contribution in [0.3, 0.4) is 0 Å². The van der Waals surface area contributed by atoms with Crippen molar-refractivity contribution in [1.82, 2.24) is 0 Å². The topological polar surface area (TPSA) is 17.1 Å². The molecule has 0 unspecified atom stereocenters. The van der Waals surface area contributed by atoms with E-state index in [0.29, 0.717) is 0 Å². The van der Waals surface area contributed by atoms with Crippen molar-refractivity contribution >= 4 is 17.3 Å². The van der Waals surface area contributed by atoms with Gasteiger partial charge in [-0.05, 0) is 32.4 Å². The molecule has 0 heterocycles. The Morgan fingerprint density at radius 2 is 1.62 bits per heavy atom. The second-order valence-electron chi connectivity index (χ2n) is 1.46. The van der Waals surface area contributed by atoms with Crippen LogP contribution in [-0.2, 0) is 4.79 Å². The second-order valence-corrected chi connectivity index (χ2v) is 1.63. The molecule has 0 aromatic carbocycles. The molecule has 0 aromatic heterocycles. The van der Waals surface area contributed by atoms with Crippen LogP contribution in [0.5, 0.6) is 0 Å². The second kappa shape index (κ2) is 9.85. The first-order valence-corrected chi connectivity index (χ1v) is 2.76. The highest BCUT2D eigenvalue weighted by Crippen LogP contribution is 1.82. The van der Waals surface area contributed by atoms with Crippen molar-refractivity contribution in [1.29, 1.82) is 0 Å². The van der Waals surface area contributed by atoms with Gasteiger partial charge in [0.2, 0.25) is 5.75 Å². The Balaban J connectivity index is 0. The highest BCUT2D eigenvalue weighted by atomic mass is 35.5. The Morgan fingerprint density at radius 1 is 1.50 bits per heavy atom. The van der Waals surface area contributed by atoms with E-state index in [4.69, 9.17) is 4.79 Å². The van der Waals surface area contributed by atoms with Crippen LogP contribution in [0.1, 0.15) is 20.8 Å². The molecule has 0 fully saturated rings. The molecule has 0 N–H and O–H groups in total. The fourth-order valence-corrected chi connectivity index (χ4v) is 0. The standard InChI is InChI=1S/C5H10.CHClO/c1-4-5(2)3;2-1-3/h4H,1-3H3;1H. The van der Waals surface area contributed by atoms with Crippen molar-refractivity contribution in [3.63, 3.8) is 0 Å². The number of halogens is 1. The molecule has 0 saturated heterocycles. The molecular formula is C6H11ClO. The number of hydrogen-bond acceptors (Lipinski definition) is 1. The number of rotatable bonds is 0. The molecule has 0 aliphatic heterocycles. The van der Waals surface area contributed by atoms with E-state index in [9.17, 15) is 0 Å². The maximum Gasteiger partial charge on any atom is 0.208 e. The predicted octanol–water partition coefficient (Wildman–Crippen LogP) is 2.39. The SMILES string of the molecule is CC=C(C)C.O=CCl. The number of carbonyl (C=O) groups is 1. The van der Waals surface area contributed by atoms with E-state index in [1.54, 1.807) is 0 Å². The monoisotopic (exact) mass is 134 g/mol. The Hall–Kier alpha value is -0.300. The zero-order valence-corrected chi connectivity index (χ0v) is 6.20. The van der Waals surface area contributed by atoms with Crippen molar-refractivity contribution in [2.24, 2.45) is 0 Å². The summed E-state index contributed by atoms with van der Waals surface area (Å²) in [5, 5.41) is 0. The van der Waals surface area contributed by atoms with Gasteiger partial charge in [-0.2, -0.15) is 0 Å². The molecule has 0 aliphatic rings. The van der Waals surface area contributed by atoms with E-state index in [-0.39, 0.29) is 5.75 Å². The minimum atomic E-state index is 0.222. The molecule has 0 aliphatic carbocycles. The van der Waals surface area contributed by atoms with Gasteiger partial charge >= 0.3 is 0 Å². The third-order valence-corrected chi connectivity index (χ3v) is 0.577. The summed E-state index contributed by atoms with van der Waals surface area (Å²) >= 11 is 4.32. The molecule has 0 saturated carbocycles. The molecule has 0 atom stereocenters. The fraction of sp³-hybridized carbons (Fsp3) is 0.500. The first kappa shape index (κ1) is 10.6. The summed E-state index contributed by atoms with van der Waals surface area (Å²) < 4.78 is 0. The van der Waals surface area contributed by atoms with Gasteiger partial charge < -0.3 is 0 Å². The highest BCUT2D eigenvalue weighted by Gasteiger charge is 1.60. The molecular weight excluding hydrogens is 124 g/mol. The first-order valence-electron chi connectivity index (χ1n) is 2.32. The predicted molar refractivity (Wildman–Crippen MR) is 37.7 cm³/mol. The third kappa shape index (κ3) is 43.6. The van der Waals surface area contributed by atoms with E-state index in [1.807, 2.05) is 6.92 Å². The van der Waals surface area contributed by atoms with Crippen LogP contribution in [0.25, 0.3) is 0 Å². The summed E-state index contributed by atoms with van der Waals surface area (Å²) in [5.74, 6) is 0.222. The van der Waals surface area contributed by atoms with Crippen LogP contribution in [0.4, 0.5) is 0 Å². The molecule has 0 amide bonds. The maximum absolute atomic E-state index is 8.57. The van der Waals surface area contributed by atoms with Crippen LogP contribution >= 0.6 is 11.6 Å². The summed E-state index contributed by atoms with van der Waals surface area (Å²) in [4.78, 5) is 8.57. The van der Waals surface area contributed by atoms with Gasteiger partial charge in [0, 0.05) is 0 Å². The fourth-order valence-electron chi connectivity index (χ4n) is 0. The van der Waals surface area contributed by atoms with Crippen molar-refractivity contribution in [2.45, 2.75) is 20.8 Å². The van der Waals surface area contributed by atoms with Crippen molar-refractivity contribution < 1.29 is 4.79 Å². The van der Waals surface area contributed by atoms with E-state index in [2.05, 4.69) is 31.5 Å². The van der Waals surface area contributed by atoms with E-state index >= 15 is 0 Å². The van der Waals surface area contributed by atoms with Crippen LogP contribution in [0, 0.1) is 0 Å². The average Bonchev–Trinajstić information content (AvgIpc) is 1.69. The summed E-state index contributed by atoms with van der Waals surface area (Å²) in [6.07, 6.45) is 2.08. The van der Waals surface area contributed by atoms with Crippen molar-refractivity contribution in [2.75, 3.05) is 0 Å². The lowest BCUT2D eigenvalue weighted by atomic mass is 10.3. The van der Waals surface area contributed by atoms with Gasteiger partial charge in [-0.15, -0.1) is 0 Å². The zero-order valence-electron chi connectivity index (χ0n) is 5.44. The van der Waals surface area contributed by atoms with Gasteiger partial charge in [-0.3, -0.25) is 4.79 Å². The average molecular weight is 135 g/mol. The zero-order chi connectivity index (χ0) is 6.99. The van der Waals surface area contributed by atoms with Gasteiger partial charge in [-0.1, -0.05) is 11.6 Å². The molecule has 0 rings (SSSR count). The Labute approximate surface area is 55.3 Å². The normalized spacial score (nSPS) is 6.00. The van der Waals surface area contributed by atoms with Gasteiger partial charge in [0.15, 0.2) is 0 Å². The van der Waals surface area contributed by atoms with Gasteiger partial charge in [0.05, 0.1) is 0 Å². The van der Waals surface area contributed by atoms with Crippen molar-refractivity contribution in [3.8, 4) is 0 Å². The van der Waals surface area contributed by atoms with Gasteiger partial charge in [0.1, 0.15) is 0 Å². The quantitative estimate of drug-likeness (QED) is 0.283. The first-order chi connectivity index (χ1) is 3.68. The molecule has 0 radical (unpaired) electrons. The molecule has 1 nitrogen and oxygen atoms in total.